The second kappa shape index (κ2) is 13.9. The van der Waals surface area contributed by atoms with E-state index in [1.165, 1.54) is 29.4 Å². The average molecular weight is 624 g/mol. The molecule has 4 aromatic rings. The van der Waals surface area contributed by atoms with Gasteiger partial charge in [0.1, 0.15) is 10.8 Å². The monoisotopic (exact) mass is 623 g/mol. The van der Waals surface area contributed by atoms with E-state index in [0.29, 0.717) is 33.0 Å². The molecule has 0 bridgehead atoms. The number of ether oxygens (including phenoxy) is 2. The summed E-state index contributed by atoms with van der Waals surface area (Å²) in [4.78, 5) is 40.2. The molecular weight excluding hydrogens is 590 g/mol. The molecule has 0 spiro atoms. The number of rotatable bonds is 11. The van der Waals surface area contributed by atoms with Crippen molar-refractivity contribution in [2.75, 3.05) is 19.0 Å². The van der Waals surface area contributed by atoms with E-state index in [9.17, 15) is 14.4 Å². The van der Waals surface area contributed by atoms with Crippen LogP contribution >= 0.6 is 23.1 Å². The summed E-state index contributed by atoms with van der Waals surface area (Å²) in [7, 11) is 1.56. The minimum Gasteiger partial charge on any atom is -0.495 e. The Morgan fingerprint density at radius 2 is 1.93 bits per heavy atom. The summed E-state index contributed by atoms with van der Waals surface area (Å²) in [6.45, 7) is 3.85. The highest BCUT2D eigenvalue weighted by atomic mass is 32.2. The summed E-state index contributed by atoms with van der Waals surface area (Å²) in [6, 6.07) is 10.6. The van der Waals surface area contributed by atoms with Crippen molar-refractivity contribution in [3.8, 4) is 11.4 Å². The Balaban J connectivity index is 1.39. The fourth-order valence-electron chi connectivity index (χ4n) is 4.88. The van der Waals surface area contributed by atoms with Gasteiger partial charge in [-0.05, 0) is 69.4 Å². The molecular formula is C30H33N5O6S2. The molecule has 0 fully saturated rings. The average Bonchev–Trinajstić information content (AvgIpc) is 3.72. The second-order valence-electron chi connectivity index (χ2n) is 9.80. The van der Waals surface area contributed by atoms with Crippen molar-refractivity contribution in [2.24, 2.45) is 0 Å². The van der Waals surface area contributed by atoms with Crippen LogP contribution in [-0.4, -0.2) is 51.5 Å². The third-order valence-electron chi connectivity index (χ3n) is 6.97. The fourth-order valence-corrected chi connectivity index (χ4v) is 7.04. The first-order chi connectivity index (χ1) is 20.9. The van der Waals surface area contributed by atoms with Gasteiger partial charge in [-0.1, -0.05) is 30.3 Å². The molecule has 13 heteroatoms. The van der Waals surface area contributed by atoms with Gasteiger partial charge < -0.3 is 24.5 Å². The van der Waals surface area contributed by atoms with Crippen LogP contribution in [-0.2, 0) is 28.9 Å². The Hall–Kier alpha value is -4.10. The number of fused-ring (bicyclic) bond motifs is 1. The van der Waals surface area contributed by atoms with Gasteiger partial charge in [0.25, 0.3) is 5.91 Å². The number of aromatic nitrogens is 3. The molecule has 11 nitrogen and oxygen atoms in total. The zero-order valence-corrected chi connectivity index (χ0v) is 25.8. The number of thiophene rings is 1. The molecule has 5 rings (SSSR count). The van der Waals surface area contributed by atoms with E-state index in [2.05, 4.69) is 20.8 Å². The molecule has 1 atom stereocenters. The number of benzene rings is 1. The number of carbonyl (C=O) groups is 3. The third-order valence-corrected chi connectivity index (χ3v) is 9.22. The molecule has 2 amide bonds. The summed E-state index contributed by atoms with van der Waals surface area (Å²) in [6.07, 6.45) is 6.27. The molecule has 1 aliphatic carbocycles. The van der Waals surface area contributed by atoms with Crippen molar-refractivity contribution in [1.82, 2.24) is 20.1 Å². The van der Waals surface area contributed by atoms with E-state index < -0.39 is 17.1 Å². The van der Waals surface area contributed by atoms with Gasteiger partial charge in [-0.3, -0.25) is 14.2 Å². The lowest BCUT2D eigenvalue weighted by Crippen LogP contribution is -2.25. The topological polar surface area (TPSA) is 138 Å². The van der Waals surface area contributed by atoms with Crippen LogP contribution in [0.1, 0.15) is 70.3 Å². The number of carbonyl (C=O) groups excluding carboxylic acids is 3. The first kappa shape index (κ1) is 30.4. The first-order valence-corrected chi connectivity index (χ1v) is 15.8. The number of aryl methyl sites for hydroxylation is 1. The predicted molar refractivity (Wildman–Crippen MR) is 163 cm³/mol. The van der Waals surface area contributed by atoms with Crippen molar-refractivity contribution in [2.45, 2.75) is 62.9 Å². The van der Waals surface area contributed by atoms with Crippen molar-refractivity contribution >= 4 is 45.9 Å². The van der Waals surface area contributed by atoms with Crippen molar-refractivity contribution in [3.05, 3.63) is 70.3 Å². The van der Waals surface area contributed by atoms with Crippen LogP contribution in [0.3, 0.4) is 0 Å². The summed E-state index contributed by atoms with van der Waals surface area (Å²) in [5.74, 6) is 0.0959. The van der Waals surface area contributed by atoms with Crippen LogP contribution in [0.4, 0.5) is 5.00 Å². The van der Waals surface area contributed by atoms with Crippen molar-refractivity contribution < 1.29 is 28.3 Å². The Morgan fingerprint density at radius 1 is 1.12 bits per heavy atom. The molecule has 226 valence electrons. The van der Waals surface area contributed by atoms with E-state index in [-0.39, 0.29) is 24.8 Å². The van der Waals surface area contributed by atoms with Crippen LogP contribution in [0, 0.1) is 0 Å². The molecule has 0 saturated carbocycles. The van der Waals surface area contributed by atoms with E-state index in [1.807, 2.05) is 24.3 Å². The Bertz CT molecular complexity index is 1600. The molecule has 1 aromatic carbocycles. The lowest BCUT2D eigenvalue weighted by molar-refractivity contribution is -0.115. The van der Waals surface area contributed by atoms with E-state index in [1.54, 1.807) is 37.7 Å². The van der Waals surface area contributed by atoms with E-state index in [4.69, 9.17) is 13.9 Å². The molecule has 43 heavy (non-hydrogen) atoms. The van der Waals surface area contributed by atoms with Crippen molar-refractivity contribution in [1.29, 1.82) is 0 Å². The first-order valence-electron chi connectivity index (χ1n) is 14.1. The molecule has 3 heterocycles. The van der Waals surface area contributed by atoms with Gasteiger partial charge in [-0.25, -0.2) is 4.79 Å². The van der Waals surface area contributed by atoms with Gasteiger partial charge in [0.2, 0.25) is 5.91 Å². The number of para-hydroxylation sites is 2. The smallest absolute Gasteiger partial charge is 0.341 e. The molecule has 0 aliphatic heterocycles. The largest absolute Gasteiger partial charge is 0.495 e. The van der Waals surface area contributed by atoms with Crippen LogP contribution in [0.2, 0.25) is 0 Å². The molecule has 0 unspecified atom stereocenters. The summed E-state index contributed by atoms with van der Waals surface area (Å²) < 4.78 is 17.9. The van der Waals surface area contributed by atoms with Gasteiger partial charge in [-0.15, -0.1) is 21.5 Å². The maximum absolute atomic E-state index is 13.5. The normalized spacial score (nSPS) is 13.5. The van der Waals surface area contributed by atoms with Crippen LogP contribution in [0.25, 0.3) is 5.69 Å². The molecule has 0 saturated heterocycles. The SMILES string of the molecule is CCOC(=O)c1c(NC(=O)[C@@H](C)Sc2nnc(CNC(=O)c3ccco3)n2-c2ccccc2OC)sc2c1CCCCC2. The standard InChI is InChI=1S/C30H33N5O6S2/c1-4-40-29(38)25-19-11-6-5-7-15-23(19)43-28(25)32-26(36)18(2)42-30-34-33-24(17-31-27(37)22-14-10-16-41-22)35(30)20-12-8-9-13-21(20)39-3/h8-10,12-14,16,18H,4-7,11,15,17H2,1-3H3,(H,31,37)(H,32,36)/t18-/m1/s1. The van der Waals surface area contributed by atoms with Crippen LogP contribution < -0.4 is 15.4 Å². The summed E-state index contributed by atoms with van der Waals surface area (Å²) in [5.41, 5.74) is 2.12. The number of furan rings is 1. The molecule has 1 aliphatic rings. The van der Waals surface area contributed by atoms with Gasteiger partial charge in [0.15, 0.2) is 16.7 Å². The number of methoxy groups -OCH3 is 1. The fraction of sp³-hybridized carbons (Fsp3) is 0.367. The molecule has 2 N–H and O–H groups in total. The van der Waals surface area contributed by atoms with Gasteiger partial charge >= 0.3 is 5.97 Å². The maximum atomic E-state index is 13.5. The summed E-state index contributed by atoms with van der Waals surface area (Å²) in [5, 5.41) is 14.8. The van der Waals surface area contributed by atoms with E-state index >= 15 is 0 Å². The highest BCUT2D eigenvalue weighted by Crippen LogP contribution is 2.39. The highest BCUT2D eigenvalue weighted by molar-refractivity contribution is 8.00. The highest BCUT2D eigenvalue weighted by Gasteiger charge is 2.29. The van der Waals surface area contributed by atoms with Gasteiger partial charge in [-0.2, -0.15) is 0 Å². The molecule has 0 radical (unpaired) electrons. The Kier molecular flexibility index (Phi) is 9.82. The summed E-state index contributed by atoms with van der Waals surface area (Å²) >= 11 is 2.67. The van der Waals surface area contributed by atoms with Crippen LogP contribution in [0.5, 0.6) is 5.75 Å². The molecule has 3 aromatic heterocycles. The number of thioether (sulfide) groups is 1. The maximum Gasteiger partial charge on any atom is 0.341 e. The number of anilines is 1. The predicted octanol–water partition coefficient (Wildman–Crippen LogP) is 5.43. The number of hydrogen-bond donors (Lipinski definition) is 2. The van der Waals surface area contributed by atoms with Crippen molar-refractivity contribution in [3.63, 3.8) is 0 Å². The minimum atomic E-state index is -0.611. The number of amides is 2. The van der Waals surface area contributed by atoms with Gasteiger partial charge in [0, 0.05) is 4.88 Å². The number of hydrogen-bond acceptors (Lipinski definition) is 10. The lowest BCUT2D eigenvalue weighted by Gasteiger charge is -2.16. The number of nitrogens with one attached hydrogen (secondary N) is 2. The Labute approximate surface area is 257 Å². The third kappa shape index (κ3) is 6.78. The number of nitrogens with zero attached hydrogens (tertiary/aromatic N) is 3. The van der Waals surface area contributed by atoms with Crippen LogP contribution in [0.15, 0.2) is 52.2 Å². The zero-order valence-electron chi connectivity index (χ0n) is 24.2. The zero-order chi connectivity index (χ0) is 30.3. The minimum absolute atomic E-state index is 0.0510. The quantitative estimate of drug-likeness (QED) is 0.127. The Morgan fingerprint density at radius 3 is 2.70 bits per heavy atom. The number of esters is 1. The second-order valence-corrected chi connectivity index (χ2v) is 12.2. The van der Waals surface area contributed by atoms with Gasteiger partial charge in [0.05, 0.1) is 43.0 Å². The lowest BCUT2D eigenvalue weighted by atomic mass is 10.1. The van der Waals surface area contributed by atoms with E-state index in [0.717, 1.165) is 42.5 Å².